The van der Waals surface area contributed by atoms with Crippen LogP contribution in [0.15, 0.2) is 24.3 Å². The van der Waals surface area contributed by atoms with E-state index in [9.17, 15) is 15.2 Å². The Morgan fingerprint density at radius 2 is 2.19 bits per heavy atom. The quantitative estimate of drug-likeness (QED) is 0.570. The van der Waals surface area contributed by atoms with Crippen LogP contribution in [-0.2, 0) is 0 Å². The fourth-order valence-corrected chi connectivity index (χ4v) is 1.63. The minimum atomic E-state index is -0.625. The Hall–Kier alpha value is -1.66. The van der Waals surface area contributed by atoms with Gasteiger partial charge >= 0.3 is 5.69 Å². The van der Waals surface area contributed by atoms with Crippen molar-refractivity contribution >= 4 is 5.69 Å². The van der Waals surface area contributed by atoms with Gasteiger partial charge in [0, 0.05) is 19.2 Å². The largest absolute Gasteiger partial charge is 0.479 e. The van der Waals surface area contributed by atoms with Gasteiger partial charge in [0.25, 0.3) is 0 Å². The first-order chi connectivity index (χ1) is 7.68. The Morgan fingerprint density at radius 1 is 1.44 bits per heavy atom. The second-order valence-electron chi connectivity index (χ2n) is 3.61. The van der Waals surface area contributed by atoms with Crippen molar-refractivity contribution in [2.24, 2.45) is 0 Å². The third kappa shape index (κ3) is 2.12. The molecule has 6 heteroatoms. The lowest BCUT2D eigenvalue weighted by Crippen LogP contribution is -2.30. The molecule has 0 aliphatic carbocycles. The molecular weight excluding hydrogens is 212 g/mol. The van der Waals surface area contributed by atoms with Crippen LogP contribution in [0.25, 0.3) is 0 Å². The molecule has 16 heavy (non-hydrogen) atoms. The van der Waals surface area contributed by atoms with Crippen LogP contribution in [0.4, 0.5) is 5.69 Å². The number of β-amino-alcohol motifs (C(OH)–C–C–N with tert-alkyl or cyclic N) is 1. The molecule has 86 valence electrons. The molecule has 1 aliphatic rings. The Labute approximate surface area is 92.0 Å². The summed E-state index contributed by atoms with van der Waals surface area (Å²) in [5, 5.41) is 23.2. The number of nitrogens with one attached hydrogen (secondary N) is 1. The highest BCUT2D eigenvalue weighted by molar-refractivity contribution is 5.45. The molecule has 1 aromatic rings. The zero-order valence-corrected chi connectivity index (χ0v) is 8.50. The van der Waals surface area contributed by atoms with E-state index < -0.39 is 17.1 Å². The zero-order chi connectivity index (χ0) is 11.5. The van der Waals surface area contributed by atoms with Gasteiger partial charge in [-0.05, 0) is 6.07 Å². The number of rotatable bonds is 3. The lowest BCUT2D eigenvalue weighted by Gasteiger charge is -2.15. The number of nitrogens with zero attached hydrogens (tertiary/aromatic N) is 1. The number of para-hydroxylation sites is 2. The highest BCUT2D eigenvalue weighted by Crippen LogP contribution is 2.27. The molecule has 0 aromatic heterocycles. The molecule has 0 amide bonds. The third-order valence-corrected chi connectivity index (χ3v) is 2.47. The fraction of sp³-hybridized carbons (Fsp3) is 0.400. The van der Waals surface area contributed by atoms with Crippen LogP contribution in [0.3, 0.4) is 0 Å². The van der Waals surface area contributed by atoms with Crippen LogP contribution in [0.5, 0.6) is 5.75 Å². The van der Waals surface area contributed by atoms with Gasteiger partial charge in [0.1, 0.15) is 12.2 Å². The maximum absolute atomic E-state index is 10.7. The molecule has 1 fully saturated rings. The Morgan fingerprint density at radius 3 is 2.81 bits per heavy atom. The number of benzene rings is 1. The molecule has 2 rings (SSSR count). The number of hydrogen-bond acceptors (Lipinski definition) is 5. The smallest absolute Gasteiger partial charge is 0.310 e. The summed E-state index contributed by atoms with van der Waals surface area (Å²) in [4.78, 5) is 10.2. The van der Waals surface area contributed by atoms with Crippen LogP contribution in [-0.4, -0.2) is 35.3 Å². The molecular formula is C10H12N2O4. The summed E-state index contributed by atoms with van der Waals surface area (Å²) in [5.41, 5.74) is -0.0819. The minimum absolute atomic E-state index is 0.0819. The van der Waals surface area contributed by atoms with Crippen molar-refractivity contribution in [2.45, 2.75) is 12.2 Å². The third-order valence-electron chi connectivity index (χ3n) is 2.47. The van der Waals surface area contributed by atoms with Gasteiger partial charge in [0.05, 0.1) is 4.92 Å². The molecule has 0 saturated carbocycles. The van der Waals surface area contributed by atoms with Gasteiger partial charge in [-0.3, -0.25) is 10.1 Å². The molecule has 6 nitrogen and oxygen atoms in total. The summed E-state index contributed by atoms with van der Waals surface area (Å²) >= 11 is 0. The molecule has 1 heterocycles. The highest BCUT2D eigenvalue weighted by Gasteiger charge is 2.28. The van der Waals surface area contributed by atoms with Crippen molar-refractivity contribution in [3.05, 3.63) is 34.4 Å². The first kappa shape index (κ1) is 10.8. The maximum atomic E-state index is 10.7. The van der Waals surface area contributed by atoms with Gasteiger partial charge < -0.3 is 15.2 Å². The van der Waals surface area contributed by atoms with Crippen LogP contribution in [0, 0.1) is 10.1 Å². The topological polar surface area (TPSA) is 84.6 Å². The molecule has 0 bridgehead atoms. The van der Waals surface area contributed by atoms with Gasteiger partial charge in [-0.1, -0.05) is 12.1 Å². The first-order valence-corrected chi connectivity index (χ1v) is 4.97. The van der Waals surface area contributed by atoms with Crippen molar-refractivity contribution in [3.8, 4) is 5.75 Å². The summed E-state index contributed by atoms with van der Waals surface area (Å²) in [6, 6.07) is 6.15. The fourth-order valence-electron chi connectivity index (χ4n) is 1.63. The molecule has 2 atom stereocenters. The summed E-state index contributed by atoms with van der Waals surface area (Å²) < 4.78 is 5.43. The Balaban J connectivity index is 2.17. The van der Waals surface area contributed by atoms with E-state index in [1.165, 1.54) is 12.1 Å². The molecule has 0 spiro atoms. The summed E-state index contributed by atoms with van der Waals surface area (Å²) in [6.07, 6.45) is -1.05. The normalized spacial score (nSPS) is 24.3. The average molecular weight is 224 g/mol. The van der Waals surface area contributed by atoms with Gasteiger partial charge in [-0.2, -0.15) is 0 Å². The number of nitro groups is 1. The van der Waals surface area contributed by atoms with E-state index in [0.717, 1.165) is 0 Å². The molecule has 2 unspecified atom stereocenters. The van der Waals surface area contributed by atoms with Crippen molar-refractivity contribution in [1.29, 1.82) is 0 Å². The summed E-state index contributed by atoms with van der Waals surface area (Å²) in [5.74, 6) is 0.195. The number of nitro benzene ring substituents is 1. The second-order valence-corrected chi connectivity index (χ2v) is 3.61. The SMILES string of the molecule is O=[N+]([O-])c1ccccc1OC1CNCC1O. The van der Waals surface area contributed by atoms with E-state index in [1.807, 2.05) is 0 Å². The number of aliphatic hydroxyl groups excluding tert-OH is 1. The standard InChI is InChI=1S/C10H12N2O4/c13-8-5-11-6-10(8)16-9-4-2-1-3-7(9)12(14)15/h1-4,8,10-11,13H,5-6H2. The van der Waals surface area contributed by atoms with Gasteiger partial charge in [-0.15, -0.1) is 0 Å². The summed E-state index contributed by atoms with van der Waals surface area (Å²) in [6.45, 7) is 0.943. The molecule has 2 N–H and O–H groups in total. The molecule has 1 aliphatic heterocycles. The van der Waals surface area contributed by atoms with Crippen LogP contribution < -0.4 is 10.1 Å². The number of ether oxygens (including phenoxy) is 1. The van der Waals surface area contributed by atoms with E-state index in [0.29, 0.717) is 13.1 Å². The average Bonchev–Trinajstić information content (AvgIpc) is 2.65. The molecule has 1 aromatic carbocycles. The molecule has 1 saturated heterocycles. The van der Waals surface area contributed by atoms with Crippen molar-refractivity contribution < 1.29 is 14.8 Å². The van der Waals surface area contributed by atoms with E-state index in [4.69, 9.17) is 4.74 Å². The molecule has 0 radical (unpaired) electrons. The summed E-state index contributed by atoms with van der Waals surface area (Å²) in [7, 11) is 0. The van der Waals surface area contributed by atoms with Crippen LogP contribution in [0.1, 0.15) is 0 Å². The second kappa shape index (κ2) is 4.46. The Kier molecular flexibility index (Phi) is 3.02. The predicted molar refractivity (Wildman–Crippen MR) is 56.4 cm³/mol. The Bertz CT molecular complexity index is 396. The maximum Gasteiger partial charge on any atom is 0.310 e. The van der Waals surface area contributed by atoms with E-state index in [1.54, 1.807) is 12.1 Å². The lowest BCUT2D eigenvalue weighted by atomic mass is 10.2. The number of aliphatic hydroxyl groups is 1. The zero-order valence-electron chi connectivity index (χ0n) is 8.50. The van der Waals surface area contributed by atoms with Crippen LogP contribution in [0.2, 0.25) is 0 Å². The number of hydrogen-bond donors (Lipinski definition) is 2. The van der Waals surface area contributed by atoms with E-state index in [2.05, 4.69) is 5.32 Å². The van der Waals surface area contributed by atoms with E-state index >= 15 is 0 Å². The van der Waals surface area contributed by atoms with E-state index in [-0.39, 0.29) is 11.4 Å². The van der Waals surface area contributed by atoms with Crippen molar-refractivity contribution in [3.63, 3.8) is 0 Å². The first-order valence-electron chi connectivity index (χ1n) is 4.97. The highest BCUT2D eigenvalue weighted by atomic mass is 16.6. The van der Waals surface area contributed by atoms with Gasteiger partial charge in [0.15, 0.2) is 5.75 Å². The lowest BCUT2D eigenvalue weighted by molar-refractivity contribution is -0.386. The van der Waals surface area contributed by atoms with Gasteiger partial charge in [0.2, 0.25) is 0 Å². The van der Waals surface area contributed by atoms with Crippen LogP contribution >= 0.6 is 0 Å². The predicted octanol–water partition coefficient (Wildman–Crippen LogP) is 0.306. The minimum Gasteiger partial charge on any atom is -0.479 e. The van der Waals surface area contributed by atoms with Crippen molar-refractivity contribution in [2.75, 3.05) is 13.1 Å². The van der Waals surface area contributed by atoms with Gasteiger partial charge in [-0.25, -0.2) is 0 Å². The monoisotopic (exact) mass is 224 g/mol. The van der Waals surface area contributed by atoms with Crippen molar-refractivity contribution in [1.82, 2.24) is 5.32 Å².